The molecule has 0 rings (SSSR count). The minimum atomic E-state index is -1.21. The number of esters is 1. The third-order valence-electron chi connectivity index (χ3n) is 2.82. The molecular formula is C16H27FO4. The number of unbranched alkanes of at least 4 members (excludes halogenated alkanes) is 2. The van der Waals surface area contributed by atoms with Crippen LogP contribution in [0.1, 0.15) is 66.2 Å². The average molecular weight is 302 g/mol. The first-order chi connectivity index (χ1) is 9.65. The number of ether oxygens (including phenoxy) is 1. The van der Waals surface area contributed by atoms with Crippen molar-refractivity contribution in [2.45, 2.75) is 78.0 Å². The van der Waals surface area contributed by atoms with Gasteiger partial charge in [0.25, 0.3) is 0 Å². The van der Waals surface area contributed by atoms with E-state index in [0.29, 0.717) is 6.42 Å². The van der Waals surface area contributed by atoms with Crippen molar-refractivity contribution in [1.82, 2.24) is 0 Å². The molecule has 0 aromatic carbocycles. The summed E-state index contributed by atoms with van der Waals surface area (Å²) in [5, 5.41) is 9.05. The number of alkyl halides is 1. The first-order valence-electron chi connectivity index (χ1n) is 7.46. The Bertz CT molecular complexity index is 369. The predicted octanol–water partition coefficient (Wildman–Crippen LogP) is 4.04. The summed E-state index contributed by atoms with van der Waals surface area (Å²) in [5.41, 5.74) is -0.789. The number of halogens is 1. The molecule has 0 aromatic rings. The molecule has 0 heterocycles. The van der Waals surface area contributed by atoms with Crippen molar-refractivity contribution < 1.29 is 23.8 Å². The van der Waals surface area contributed by atoms with Crippen LogP contribution in [0.5, 0.6) is 0 Å². The highest BCUT2D eigenvalue weighted by molar-refractivity contribution is 5.95. The smallest absolute Gasteiger partial charge is 0.331 e. The maximum atomic E-state index is 13.6. The van der Waals surface area contributed by atoms with E-state index in [9.17, 15) is 14.0 Å². The van der Waals surface area contributed by atoms with Gasteiger partial charge in [0.1, 0.15) is 11.8 Å². The highest BCUT2D eigenvalue weighted by Gasteiger charge is 2.18. The molecule has 4 nitrogen and oxygen atoms in total. The molecule has 0 aliphatic carbocycles. The molecule has 0 bridgehead atoms. The minimum Gasteiger partial charge on any atom is -0.478 e. The zero-order valence-electron chi connectivity index (χ0n) is 13.4. The van der Waals surface area contributed by atoms with Crippen molar-refractivity contribution in [3.05, 3.63) is 11.6 Å². The molecular weight excluding hydrogens is 275 g/mol. The number of carbonyl (C=O) groups is 2. The maximum absolute atomic E-state index is 13.6. The number of carbonyl (C=O) groups excluding carboxylic acids is 1. The quantitative estimate of drug-likeness (QED) is 0.396. The van der Waals surface area contributed by atoms with Gasteiger partial charge in [-0.15, -0.1) is 0 Å². The number of hydrogen-bond donors (Lipinski definition) is 1. The first kappa shape index (κ1) is 19.6. The van der Waals surface area contributed by atoms with E-state index in [2.05, 4.69) is 0 Å². The SMILES string of the molecule is CCCCCC(F)CCC(=CC(=O)OC(C)(C)C)C(=O)O. The summed E-state index contributed by atoms with van der Waals surface area (Å²) in [6.45, 7) is 7.14. The number of aliphatic carboxylic acids is 1. The van der Waals surface area contributed by atoms with Gasteiger partial charge in [0.15, 0.2) is 0 Å². The van der Waals surface area contributed by atoms with E-state index in [1.54, 1.807) is 20.8 Å². The Morgan fingerprint density at radius 1 is 1.24 bits per heavy atom. The van der Waals surface area contributed by atoms with Crippen molar-refractivity contribution in [3.63, 3.8) is 0 Å². The maximum Gasteiger partial charge on any atom is 0.331 e. The fourth-order valence-corrected chi connectivity index (χ4v) is 1.79. The molecule has 0 saturated heterocycles. The minimum absolute atomic E-state index is 0.0296. The Kier molecular flexibility index (Phi) is 8.90. The summed E-state index contributed by atoms with van der Waals surface area (Å²) in [4.78, 5) is 22.6. The Morgan fingerprint density at radius 2 is 1.86 bits per heavy atom. The molecule has 0 aromatic heterocycles. The Balaban J connectivity index is 4.43. The van der Waals surface area contributed by atoms with Crippen molar-refractivity contribution in [1.29, 1.82) is 0 Å². The third-order valence-corrected chi connectivity index (χ3v) is 2.82. The summed E-state index contributed by atoms with van der Waals surface area (Å²) in [6.07, 6.45) is 3.30. The summed E-state index contributed by atoms with van der Waals surface area (Å²) in [5.74, 6) is -1.91. The summed E-state index contributed by atoms with van der Waals surface area (Å²) in [7, 11) is 0. The van der Waals surface area contributed by atoms with Crippen LogP contribution >= 0.6 is 0 Å². The fourth-order valence-electron chi connectivity index (χ4n) is 1.79. The highest BCUT2D eigenvalue weighted by atomic mass is 19.1. The van der Waals surface area contributed by atoms with Gasteiger partial charge in [0.2, 0.25) is 0 Å². The van der Waals surface area contributed by atoms with Crippen LogP contribution in [0.4, 0.5) is 4.39 Å². The molecule has 0 aliphatic rings. The Hall–Kier alpha value is -1.39. The van der Waals surface area contributed by atoms with Crippen LogP contribution in [0.2, 0.25) is 0 Å². The lowest BCUT2D eigenvalue weighted by molar-refractivity contribution is -0.149. The molecule has 0 amide bonds. The van der Waals surface area contributed by atoms with Crippen molar-refractivity contribution >= 4 is 11.9 Å². The van der Waals surface area contributed by atoms with Crippen LogP contribution in [0.15, 0.2) is 11.6 Å². The van der Waals surface area contributed by atoms with E-state index in [1.807, 2.05) is 6.92 Å². The van der Waals surface area contributed by atoms with Crippen LogP contribution < -0.4 is 0 Å². The molecule has 1 N–H and O–H groups in total. The van der Waals surface area contributed by atoms with E-state index < -0.39 is 23.7 Å². The molecule has 0 aliphatic heterocycles. The van der Waals surface area contributed by atoms with Crippen LogP contribution in [0, 0.1) is 0 Å². The zero-order chi connectivity index (χ0) is 16.5. The number of rotatable bonds is 9. The van der Waals surface area contributed by atoms with Crippen LogP contribution in [-0.2, 0) is 14.3 Å². The molecule has 0 radical (unpaired) electrons. The molecule has 5 heteroatoms. The molecule has 1 unspecified atom stereocenters. The predicted molar refractivity (Wildman–Crippen MR) is 79.8 cm³/mol. The summed E-state index contributed by atoms with van der Waals surface area (Å²) < 4.78 is 18.7. The lowest BCUT2D eigenvalue weighted by atomic mass is 10.0. The van der Waals surface area contributed by atoms with E-state index in [-0.39, 0.29) is 18.4 Å². The fraction of sp³-hybridized carbons (Fsp3) is 0.750. The normalized spacial score (nSPS) is 13.9. The molecule has 0 spiro atoms. The second kappa shape index (κ2) is 9.53. The van der Waals surface area contributed by atoms with Crippen molar-refractivity contribution in [3.8, 4) is 0 Å². The summed E-state index contributed by atoms with van der Waals surface area (Å²) >= 11 is 0. The lowest BCUT2D eigenvalue weighted by Crippen LogP contribution is -2.23. The zero-order valence-corrected chi connectivity index (χ0v) is 13.4. The summed E-state index contributed by atoms with van der Waals surface area (Å²) in [6, 6.07) is 0. The third kappa shape index (κ3) is 11.0. The monoisotopic (exact) mass is 302 g/mol. The van der Waals surface area contributed by atoms with Gasteiger partial charge in [0, 0.05) is 11.6 Å². The lowest BCUT2D eigenvalue weighted by Gasteiger charge is -2.18. The average Bonchev–Trinajstić information content (AvgIpc) is 2.32. The number of carboxylic acids is 1. The topological polar surface area (TPSA) is 63.6 Å². The van der Waals surface area contributed by atoms with Gasteiger partial charge in [-0.05, 0) is 40.0 Å². The second-order valence-corrected chi connectivity index (χ2v) is 6.14. The van der Waals surface area contributed by atoms with Gasteiger partial charge in [-0.2, -0.15) is 0 Å². The molecule has 0 fully saturated rings. The van der Waals surface area contributed by atoms with Gasteiger partial charge in [-0.25, -0.2) is 14.0 Å². The van der Waals surface area contributed by atoms with Gasteiger partial charge in [-0.3, -0.25) is 0 Å². The largest absolute Gasteiger partial charge is 0.478 e. The van der Waals surface area contributed by atoms with Gasteiger partial charge in [-0.1, -0.05) is 26.2 Å². The van der Waals surface area contributed by atoms with Crippen LogP contribution in [0.25, 0.3) is 0 Å². The van der Waals surface area contributed by atoms with Crippen molar-refractivity contribution in [2.75, 3.05) is 0 Å². The number of hydrogen-bond acceptors (Lipinski definition) is 3. The van der Waals surface area contributed by atoms with Gasteiger partial charge >= 0.3 is 11.9 Å². The molecule has 122 valence electrons. The van der Waals surface area contributed by atoms with Gasteiger partial charge in [0.05, 0.1) is 0 Å². The van der Waals surface area contributed by atoms with E-state index in [1.165, 1.54) is 0 Å². The van der Waals surface area contributed by atoms with Crippen molar-refractivity contribution in [2.24, 2.45) is 0 Å². The second-order valence-electron chi connectivity index (χ2n) is 6.14. The Morgan fingerprint density at radius 3 is 2.33 bits per heavy atom. The molecule has 0 saturated carbocycles. The first-order valence-corrected chi connectivity index (χ1v) is 7.46. The van der Waals surface area contributed by atoms with Gasteiger partial charge < -0.3 is 9.84 Å². The van der Waals surface area contributed by atoms with E-state index in [4.69, 9.17) is 9.84 Å². The Labute approximate surface area is 126 Å². The standard InChI is InChI=1S/C16H27FO4/c1-5-6-7-8-13(17)10-9-12(15(19)20)11-14(18)21-16(2,3)4/h11,13H,5-10H2,1-4H3,(H,19,20). The van der Waals surface area contributed by atoms with Crippen LogP contribution in [0.3, 0.4) is 0 Å². The highest BCUT2D eigenvalue weighted by Crippen LogP contribution is 2.16. The van der Waals surface area contributed by atoms with E-state index >= 15 is 0 Å². The number of carboxylic acid groups (broad SMARTS) is 1. The molecule has 21 heavy (non-hydrogen) atoms. The van der Waals surface area contributed by atoms with E-state index in [0.717, 1.165) is 25.3 Å². The molecule has 1 atom stereocenters. The van der Waals surface area contributed by atoms with Crippen LogP contribution in [-0.4, -0.2) is 28.8 Å².